The summed E-state index contributed by atoms with van der Waals surface area (Å²) in [7, 11) is 0. The molecule has 1 heteroatoms. The predicted molar refractivity (Wildman–Crippen MR) is 49.8 cm³/mol. The normalized spacial score (nSPS) is 43.3. The van der Waals surface area contributed by atoms with Crippen LogP contribution in [0.25, 0.3) is 0 Å². The van der Waals surface area contributed by atoms with Crippen LogP contribution in [0.4, 0.5) is 0 Å². The number of rotatable bonds is 1. The van der Waals surface area contributed by atoms with Gasteiger partial charge in [0.2, 0.25) is 0 Å². The van der Waals surface area contributed by atoms with Gasteiger partial charge in [0.25, 0.3) is 0 Å². The molecule has 0 spiro atoms. The summed E-state index contributed by atoms with van der Waals surface area (Å²) in [5.74, 6) is 0.813. The highest BCUT2D eigenvalue weighted by Crippen LogP contribution is 2.67. The van der Waals surface area contributed by atoms with Crippen molar-refractivity contribution in [1.82, 2.24) is 0 Å². The lowest BCUT2D eigenvalue weighted by atomic mass is 9.40. The molecular formula is C11H18O. The van der Waals surface area contributed by atoms with Crippen LogP contribution >= 0.6 is 0 Å². The van der Waals surface area contributed by atoms with E-state index in [2.05, 4.69) is 26.8 Å². The van der Waals surface area contributed by atoms with Gasteiger partial charge in [-0.15, -0.1) is 0 Å². The molecule has 1 nitrogen and oxygen atoms in total. The summed E-state index contributed by atoms with van der Waals surface area (Å²) in [6, 6.07) is 0. The third kappa shape index (κ3) is 0.646. The monoisotopic (exact) mass is 166 g/mol. The number of aliphatic hydroxyl groups is 1. The minimum absolute atomic E-state index is 0.135. The molecular weight excluding hydrogens is 148 g/mol. The van der Waals surface area contributed by atoms with E-state index in [0.717, 1.165) is 5.92 Å². The molecule has 0 heterocycles. The average Bonchev–Trinajstić information content (AvgIpc) is 2.04. The molecule has 3 aliphatic carbocycles. The molecule has 1 N–H and O–H groups in total. The van der Waals surface area contributed by atoms with Crippen LogP contribution in [-0.4, -0.2) is 11.7 Å². The molecule has 1 saturated carbocycles. The number of aliphatic hydroxyl groups excluding tert-OH is 1. The molecule has 3 aliphatic rings. The third-order valence-electron chi connectivity index (χ3n) is 4.58. The van der Waals surface area contributed by atoms with Crippen LogP contribution < -0.4 is 0 Å². The van der Waals surface area contributed by atoms with Crippen LogP contribution in [-0.2, 0) is 0 Å². The van der Waals surface area contributed by atoms with E-state index in [0.29, 0.717) is 12.0 Å². The lowest BCUT2D eigenvalue weighted by Crippen LogP contribution is -2.59. The molecule has 68 valence electrons. The molecule has 0 aromatic rings. The first kappa shape index (κ1) is 8.31. The van der Waals surface area contributed by atoms with E-state index < -0.39 is 0 Å². The van der Waals surface area contributed by atoms with Gasteiger partial charge < -0.3 is 5.11 Å². The van der Waals surface area contributed by atoms with Gasteiger partial charge >= 0.3 is 0 Å². The lowest BCUT2D eigenvalue weighted by molar-refractivity contribution is -0.130. The predicted octanol–water partition coefficient (Wildman–Crippen LogP) is 2.36. The topological polar surface area (TPSA) is 20.2 Å². The second-order valence-corrected chi connectivity index (χ2v) is 4.99. The zero-order valence-electron chi connectivity index (χ0n) is 8.22. The van der Waals surface area contributed by atoms with Crippen LogP contribution in [0.3, 0.4) is 0 Å². The highest BCUT2D eigenvalue weighted by molar-refractivity contribution is 5.29. The zero-order valence-corrected chi connectivity index (χ0v) is 8.22. The summed E-state index contributed by atoms with van der Waals surface area (Å²) in [6.45, 7) is 7.11. The smallest absolute Gasteiger partial charge is 0.0529 e. The molecule has 0 aliphatic heterocycles. The molecule has 12 heavy (non-hydrogen) atoms. The van der Waals surface area contributed by atoms with E-state index in [4.69, 9.17) is 0 Å². The second kappa shape index (κ2) is 2.14. The van der Waals surface area contributed by atoms with E-state index in [9.17, 15) is 5.11 Å². The lowest BCUT2D eigenvalue weighted by Gasteiger charge is -2.64. The van der Waals surface area contributed by atoms with Crippen molar-refractivity contribution in [3.05, 3.63) is 11.6 Å². The Hall–Kier alpha value is -0.300. The fourth-order valence-electron chi connectivity index (χ4n) is 3.15. The van der Waals surface area contributed by atoms with Crippen molar-refractivity contribution < 1.29 is 5.11 Å². The molecule has 0 saturated heterocycles. The van der Waals surface area contributed by atoms with Gasteiger partial charge in [0, 0.05) is 5.41 Å². The van der Waals surface area contributed by atoms with Crippen molar-refractivity contribution in [3.8, 4) is 0 Å². The van der Waals surface area contributed by atoms with E-state index in [1.54, 1.807) is 0 Å². The van der Waals surface area contributed by atoms with Crippen molar-refractivity contribution in [3.63, 3.8) is 0 Å². The SMILES string of the molecule is CC1=CCC2CC1(CO)C2(C)C. The van der Waals surface area contributed by atoms with Crippen LogP contribution in [0.15, 0.2) is 11.6 Å². The second-order valence-electron chi connectivity index (χ2n) is 4.99. The molecule has 0 aromatic heterocycles. The van der Waals surface area contributed by atoms with E-state index in [-0.39, 0.29) is 5.41 Å². The van der Waals surface area contributed by atoms with Gasteiger partial charge in [-0.3, -0.25) is 0 Å². The van der Waals surface area contributed by atoms with Gasteiger partial charge in [-0.05, 0) is 31.1 Å². The summed E-state index contributed by atoms with van der Waals surface area (Å²) < 4.78 is 0. The maximum absolute atomic E-state index is 9.45. The number of hydrogen-bond acceptors (Lipinski definition) is 1. The molecule has 0 aromatic carbocycles. The van der Waals surface area contributed by atoms with Crippen molar-refractivity contribution in [1.29, 1.82) is 0 Å². The molecule has 3 rings (SSSR count). The Morgan fingerprint density at radius 2 is 2.25 bits per heavy atom. The number of allylic oxidation sites excluding steroid dienone is 1. The first-order valence-corrected chi connectivity index (χ1v) is 4.83. The molecule has 0 amide bonds. The van der Waals surface area contributed by atoms with Crippen LogP contribution in [0.2, 0.25) is 0 Å². The summed E-state index contributed by atoms with van der Waals surface area (Å²) >= 11 is 0. The first-order chi connectivity index (χ1) is 5.54. The highest BCUT2D eigenvalue weighted by Gasteiger charge is 2.61. The van der Waals surface area contributed by atoms with E-state index in [1.165, 1.54) is 18.4 Å². The van der Waals surface area contributed by atoms with Crippen molar-refractivity contribution >= 4 is 0 Å². The quantitative estimate of drug-likeness (QED) is 0.593. The maximum atomic E-state index is 9.45. The standard InChI is InChI=1S/C11H18O/c1-8-4-5-9-6-11(8,7-12)10(9,2)3/h4,9,12H,5-7H2,1-3H3. The first-order valence-electron chi connectivity index (χ1n) is 4.83. The zero-order chi connectivity index (χ0) is 8.98. The Balaban J connectivity index is 2.41. The molecule has 2 bridgehead atoms. The highest BCUT2D eigenvalue weighted by atomic mass is 16.3. The molecule has 1 fully saturated rings. The molecule has 2 atom stereocenters. The van der Waals surface area contributed by atoms with Crippen molar-refractivity contribution in [2.75, 3.05) is 6.61 Å². The van der Waals surface area contributed by atoms with Crippen molar-refractivity contribution in [2.24, 2.45) is 16.7 Å². The Morgan fingerprint density at radius 3 is 2.58 bits per heavy atom. The van der Waals surface area contributed by atoms with Gasteiger partial charge in [0.05, 0.1) is 6.61 Å². The molecule has 0 radical (unpaired) electrons. The summed E-state index contributed by atoms with van der Waals surface area (Å²) in [4.78, 5) is 0. The average molecular weight is 166 g/mol. The van der Waals surface area contributed by atoms with Gasteiger partial charge in [0.1, 0.15) is 0 Å². The summed E-state index contributed by atoms with van der Waals surface area (Å²) in [5.41, 5.74) is 1.88. The Bertz CT molecular complexity index is 239. The van der Waals surface area contributed by atoms with E-state index in [1.807, 2.05) is 0 Å². The summed E-state index contributed by atoms with van der Waals surface area (Å²) in [5, 5.41) is 9.45. The minimum Gasteiger partial charge on any atom is -0.395 e. The van der Waals surface area contributed by atoms with Crippen molar-refractivity contribution in [2.45, 2.75) is 33.6 Å². The van der Waals surface area contributed by atoms with Gasteiger partial charge in [-0.2, -0.15) is 0 Å². The number of hydrogen-bond donors (Lipinski definition) is 1. The summed E-state index contributed by atoms with van der Waals surface area (Å²) in [6.07, 6.45) is 4.75. The van der Waals surface area contributed by atoms with Gasteiger partial charge in [-0.25, -0.2) is 0 Å². The largest absolute Gasteiger partial charge is 0.395 e. The molecule has 2 unspecified atom stereocenters. The Kier molecular flexibility index (Phi) is 1.48. The fourth-order valence-corrected chi connectivity index (χ4v) is 3.15. The fraction of sp³-hybridized carbons (Fsp3) is 0.818. The third-order valence-corrected chi connectivity index (χ3v) is 4.58. The van der Waals surface area contributed by atoms with Crippen LogP contribution in [0, 0.1) is 16.7 Å². The Morgan fingerprint density at radius 1 is 1.58 bits per heavy atom. The van der Waals surface area contributed by atoms with Gasteiger partial charge in [-0.1, -0.05) is 25.5 Å². The van der Waals surface area contributed by atoms with E-state index >= 15 is 0 Å². The number of fused-ring (bicyclic) bond motifs is 1. The van der Waals surface area contributed by atoms with Crippen LogP contribution in [0.1, 0.15) is 33.6 Å². The minimum atomic E-state index is 0.135. The van der Waals surface area contributed by atoms with Gasteiger partial charge in [0.15, 0.2) is 0 Å². The van der Waals surface area contributed by atoms with Crippen LogP contribution in [0.5, 0.6) is 0 Å². The Labute approximate surface area is 74.5 Å². The maximum Gasteiger partial charge on any atom is 0.0529 e.